The van der Waals surface area contributed by atoms with Crippen LogP contribution in [0.2, 0.25) is 0 Å². The number of hydrogen-bond acceptors (Lipinski definition) is 7. The number of nitrogens with zero attached hydrogens (tertiary/aromatic N) is 2. The molecule has 37 heavy (non-hydrogen) atoms. The summed E-state index contributed by atoms with van der Waals surface area (Å²) in [7, 11) is -2.35. The van der Waals surface area contributed by atoms with Gasteiger partial charge in [-0.3, -0.25) is 19.7 Å². The molecule has 3 rings (SSSR count). The Morgan fingerprint density at radius 3 is 2.62 bits per heavy atom. The Bertz CT molecular complexity index is 1250. The molecule has 2 aromatic rings. The van der Waals surface area contributed by atoms with E-state index in [-0.39, 0.29) is 31.2 Å². The first kappa shape index (κ1) is 28.6. The summed E-state index contributed by atoms with van der Waals surface area (Å²) in [5.74, 6) is -1.18. The van der Waals surface area contributed by atoms with E-state index < -0.39 is 32.9 Å². The summed E-state index contributed by atoms with van der Waals surface area (Å²) in [6.07, 6.45) is 2.57. The van der Waals surface area contributed by atoms with Gasteiger partial charge in [0.05, 0.1) is 12.2 Å². The predicted molar refractivity (Wildman–Crippen MR) is 143 cm³/mol. The molecule has 0 radical (unpaired) electrons. The van der Waals surface area contributed by atoms with Crippen LogP contribution in [0.4, 0.5) is 10.5 Å². The molecule has 202 valence electrons. The van der Waals surface area contributed by atoms with Gasteiger partial charge in [0, 0.05) is 42.0 Å². The van der Waals surface area contributed by atoms with E-state index in [0.717, 1.165) is 29.7 Å². The first-order chi connectivity index (χ1) is 17.5. The highest BCUT2D eigenvalue weighted by molar-refractivity contribution is 7.92. The Labute approximate surface area is 221 Å². The molecule has 1 aromatic carbocycles. The van der Waals surface area contributed by atoms with Crippen LogP contribution in [0.15, 0.2) is 36.4 Å². The number of anilines is 1. The van der Waals surface area contributed by atoms with Crippen molar-refractivity contribution in [1.29, 1.82) is 0 Å². The van der Waals surface area contributed by atoms with Crippen LogP contribution in [0, 0.1) is 0 Å². The third-order valence-electron chi connectivity index (χ3n) is 6.83. The van der Waals surface area contributed by atoms with Crippen LogP contribution < -0.4 is 16.1 Å². The molecule has 1 aliphatic heterocycles. The van der Waals surface area contributed by atoms with E-state index in [2.05, 4.69) is 0 Å². The first-order valence-corrected chi connectivity index (χ1v) is 14.7. The number of nitrogens with one attached hydrogen (secondary N) is 1. The van der Waals surface area contributed by atoms with Gasteiger partial charge in [0.15, 0.2) is 9.84 Å². The summed E-state index contributed by atoms with van der Waals surface area (Å²) in [5.41, 5.74) is 8.29. The van der Waals surface area contributed by atoms with Gasteiger partial charge in [-0.1, -0.05) is 31.9 Å². The minimum absolute atomic E-state index is 0.0344. The largest absolute Gasteiger partial charge is 0.351 e. The zero-order chi connectivity index (χ0) is 27.2. The van der Waals surface area contributed by atoms with Crippen LogP contribution in [0.5, 0.6) is 0 Å². The third-order valence-corrected chi connectivity index (χ3v) is 10.8. The van der Waals surface area contributed by atoms with E-state index in [1.54, 1.807) is 47.8 Å². The van der Waals surface area contributed by atoms with E-state index >= 15 is 0 Å². The molecular weight excluding hydrogens is 516 g/mol. The van der Waals surface area contributed by atoms with Gasteiger partial charge in [0.25, 0.3) is 0 Å². The zero-order valence-corrected chi connectivity index (χ0v) is 22.7. The van der Waals surface area contributed by atoms with Gasteiger partial charge in [-0.2, -0.15) is 0 Å². The molecule has 12 heteroatoms. The molecular formula is C25H34N4O6S2. The van der Waals surface area contributed by atoms with E-state index in [4.69, 9.17) is 5.73 Å². The molecule has 2 heterocycles. The molecule has 0 saturated carbocycles. The topological polar surface area (TPSA) is 150 Å². The smallest absolute Gasteiger partial charge is 0.318 e. The molecule has 4 amide bonds. The van der Waals surface area contributed by atoms with Crippen molar-refractivity contribution in [2.24, 2.45) is 5.73 Å². The molecule has 1 aromatic heterocycles. The van der Waals surface area contributed by atoms with Crippen molar-refractivity contribution in [2.75, 3.05) is 30.8 Å². The number of rotatable bonds is 9. The average molecular weight is 551 g/mol. The number of carbonyl (C=O) groups is 3. The summed E-state index contributed by atoms with van der Waals surface area (Å²) in [6, 6.07) is 9.95. The number of hydrogen-bond donors (Lipinski definition) is 3. The predicted octanol–water partition coefficient (Wildman–Crippen LogP) is 3.25. The number of sulfone groups is 1. The lowest BCUT2D eigenvalue weighted by molar-refractivity contribution is -0.131. The highest BCUT2D eigenvalue weighted by Crippen LogP contribution is 2.45. The van der Waals surface area contributed by atoms with Crippen molar-refractivity contribution in [3.05, 3.63) is 41.3 Å². The minimum Gasteiger partial charge on any atom is -0.351 e. The van der Waals surface area contributed by atoms with Crippen molar-refractivity contribution in [3.8, 4) is 10.4 Å². The summed E-state index contributed by atoms with van der Waals surface area (Å²) >= 11 is 1.23. The van der Waals surface area contributed by atoms with Crippen LogP contribution in [0.1, 0.15) is 50.3 Å². The third kappa shape index (κ3) is 6.31. The number of thiophene rings is 1. The van der Waals surface area contributed by atoms with Gasteiger partial charge in [-0.25, -0.2) is 18.7 Å². The fourth-order valence-electron chi connectivity index (χ4n) is 4.54. The molecule has 1 unspecified atom stereocenters. The van der Waals surface area contributed by atoms with Crippen LogP contribution in [-0.2, 0) is 24.2 Å². The number of urea groups is 1. The maximum absolute atomic E-state index is 13.7. The van der Waals surface area contributed by atoms with Gasteiger partial charge in [0.1, 0.15) is 4.75 Å². The second kappa shape index (κ2) is 12.1. The van der Waals surface area contributed by atoms with Crippen molar-refractivity contribution in [2.45, 2.75) is 50.2 Å². The second-order valence-electron chi connectivity index (χ2n) is 9.22. The number of hydroxylamine groups is 1. The number of carbonyl (C=O) groups excluding carboxylic acids is 3. The van der Waals surface area contributed by atoms with Gasteiger partial charge in [0.2, 0.25) is 11.8 Å². The van der Waals surface area contributed by atoms with Gasteiger partial charge < -0.3 is 10.6 Å². The van der Waals surface area contributed by atoms with E-state index in [9.17, 15) is 28.0 Å². The molecule has 10 nitrogen and oxygen atoms in total. The van der Waals surface area contributed by atoms with Crippen molar-refractivity contribution in [1.82, 2.24) is 10.4 Å². The molecule has 1 atom stereocenters. The Hall–Kier alpha value is -2.96. The van der Waals surface area contributed by atoms with Crippen molar-refractivity contribution >= 4 is 44.7 Å². The first-order valence-electron chi connectivity index (χ1n) is 12.2. The quantitative estimate of drug-likeness (QED) is 0.248. The Balaban J connectivity index is 1.98. The lowest BCUT2D eigenvalue weighted by Gasteiger charge is -2.30. The molecule has 0 spiro atoms. The molecule has 4 N–H and O–H groups in total. The van der Waals surface area contributed by atoms with E-state index in [1.165, 1.54) is 16.2 Å². The fourth-order valence-corrected chi connectivity index (χ4v) is 8.14. The number of primary amides is 1. The number of amides is 4. The SMILES string of the molecule is CCCCCC(=O)N1CCC(CC(=O)NO)(c2ccc(-c3cccc(N(C)C(N)=O)c3)s2)S(=O)(=O)CC1. The van der Waals surface area contributed by atoms with Crippen LogP contribution in [0.3, 0.4) is 0 Å². The molecule has 1 saturated heterocycles. The maximum Gasteiger partial charge on any atom is 0.318 e. The fraction of sp³-hybridized carbons (Fsp3) is 0.480. The molecule has 1 aliphatic rings. The van der Waals surface area contributed by atoms with Gasteiger partial charge in [-0.05, 0) is 42.7 Å². The summed E-state index contributed by atoms with van der Waals surface area (Å²) in [6.45, 7) is 2.30. The zero-order valence-electron chi connectivity index (χ0n) is 21.1. The highest BCUT2D eigenvalue weighted by atomic mass is 32.2. The van der Waals surface area contributed by atoms with Crippen LogP contribution >= 0.6 is 11.3 Å². The lowest BCUT2D eigenvalue weighted by Crippen LogP contribution is -2.41. The summed E-state index contributed by atoms with van der Waals surface area (Å²) in [4.78, 5) is 40.8. The van der Waals surface area contributed by atoms with E-state index in [1.807, 2.05) is 13.0 Å². The molecule has 1 fully saturated rings. The monoisotopic (exact) mass is 550 g/mol. The van der Waals surface area contributed by atoms with E-state index in [0.29, 0.717) is 17.0 Å². The number of benzene rings is 1. The average Bonchev–Trinajstić information content (AvgIpc) is 3.33. The standard InChI is InChI=1S/C25H34N4O6S2/c1-3-4-5-9-23(31)29-13-12-25(17-22(30)27-33,37(34,35)15-14-29)21-11-10-20(36-21)18-7-6-8-19(16-18)28(2)24(26)32/h6-8,10-11,16,33H,3-5,9,12-15,17H2,1-2H3,(H2,26,32)(H,27,30). The second-order valence-corrected chi connectivity index (χ2v) is 12.7. The van der Waals surface area contributed by atoms with Gasteiger partial charge in [-0.15, -0.1) is 11.3 Å². The minimum atomic E-state index is -3.90. The summed E-state index contributed by atoms with van der Waals surface area (Å²) < 4.78 is 25.8. The van der Waals surface area contributed by atoms with Crippen LogP contribution in [0.25, 0.3) is 10.4 Å². The van der Waals surface area contributed by atoms with Gasteiger partial charge >= 0.3 is 6.03 Å². The Morgan fingerprint density at radius 1 is 1.19 bits per heavy atom. The van der Waals surface area contributed by atoms with Crippen molar-refractivity contribution < 1.29 is 28.0 Å². The highest BCUT2D eigenvalue weighted by Gasteiger charge is 2.49. The molecule has 0 aliphatic carbocycles. The van der Waals surface area contributed by atoms with Crippen LogP contribution in [-0.4, -0.2) is 62.3 Å². The number of nitrogens with two attached hydrogens (primary N) is 1. The maximum atomic E-state index is 13.7. The van der Waals surface area contributed by atoms with Crippen molar-refractivity contribution in [3.63, 3.8) is 0 Å². The Morgan fingerprint density at radius 2 is 1.95 bits per heavy atom. The molecule has 0 bridgehead atoms. The summed E-state index contributed by atoms with van der Waals surface area (Å²) in [5, 5.41) is 9.24. The normalized spacial score (nSPS) is 19.2. The number of unbranched alkanes of at least 4 members (excludes halogenated alkanes) is 2. The Kier molecular flexibility index (Phi) is 9.32. The lowest BCUT2D eigenvalue weighted by atomic mass is 9.97.